The molecule has 1 saturated heterocycles. The third-order valence-corrected chi connectivity index (χ3v) is 5.58. The average molecular weight is 394 g/mol. The molecule has 4 rings (SSSR count). The predicted octanol–water partition coefficient (Wildman–Crippen LogP) is 2.88. The Kier molecular flexibility index (Phi) is 6.06. The summed E-state index contributed by atoms with van der Waals surface area (Å²) < 4.78 is 0. The lowest BCUT2D eigenvalue weighted by molar-refractivity contribution is -0.117. The number of carbonyl (C=O) groups excluding carboxylic acids is 1. The van der Waals surface area contributed by atoms with E-state index >= 15 is 0 Å². The third-order valence-electron chi connectivity index (χ3n) is 4.98. The van der Waals surface area contributed by atoms with Crippen molar-refractivity contribution >= 4 is 22.4 Å². The van der Waals surface area contributed by atoms with Crippen molar-refractivity contribution in [1.82, 2.24) is 20.0 Å². The molecule has 7 heteroatoms. The molecule has 1 fully saturated rings. The van der Waals surface area contributed by atoms with Gasteiger partial charge in [-0.1, -0.05) is 72.0 Å². The van der Waals surface area contributed by atoms with E-state index in [0.717, 1.165) is 26.2 Å². The summed E-state index contributed by atoms with van der Waals surface area (Å²) in [4.78, 5) is 16.9. The van der Waals surface area contributed by atoms with E-state index in [1.165, 1.54) is 22.5 Å². The van der Waals surface area contributed by atoms with Crippen LogP contribution in [0.15, 0.2) is 66.2 Å². The van der Waals surface area contributed by atoms with Crippen LogP contribution in [0.25, 0.3) is 0 Å². The van der Waals surface area contributed by atoms with Crippen molar-refractivity contribution in [2.45, 2.75) is 6.04 Å². The number of benzene rings is 2. The first-order valence-corrected chi connectivity index (χ1v) is 10.3. The number of rotatable bonds is 6. The zero-order valence-electron chi connectivity index (χ0n) is 15.6. The lowest BCUT2D eigenvalue weighted by atomic mass is 9.96. The van der Waals surface area contributed by atoms with Gasteiger partial charge in [-0.2, -0.15) is 0 Å². The summed E-state index contributed by atoms with van der Waals surface area (Å²) in [5.74, 6) is -0.0344. The molecule has 1 aliphatic rings. The zero-order valence-corrected chi connectivity index (χ0v) is 16.4. The lowest BCUT2D eigenvalue weighted by Gasteiger charge is -2.39. The van der Waals surface area contributed by atoms with Crippen LogP contribution >= 0.6 is 11.3 Å². The molecule has 0 aliphatic carbocycles. The summed E-state index contributed by atoms with van der Waals surface area (Å²) in [6, 6.07) is 21.5. The van der Waals surface area contributed by atoms with Gasteiger partial charge in [0.1, 0.15) is 5.51 Å². The fourth-order valence-corrected chi connectivity index (χ4v) is 4.11. The normalized spacial score (nSPS) is 15.6. The van der Waals surface area contributed by atoms with Crippen molar-refractivity contribution in [2.24, 2.45) is 0 Å². The molecule has 1 N–H and O–H groups in total. The molecule has 3 aromatic rings. The molecule has 1 amide bonds. The molecular formula is C21H23N5OS. The Hall–Kier alpha value is -2.61. The Labute approximate surface area is 168 Å². The maximum atomic E-state index is 12.2. The van der Waals surface area contributed by atoms with Crippen LogP contribution in [0.2, 0.25) is 0 Å². The van der Waals surface area contributed by atoms with Gasteiger partial charge >= 0.3 is 0 Å². The Morgan fingerprint density at radius 2 is 1.57 bits per heavy atom. The number of hydrogen-bond acceptors (Lipinski definition) is 6. The number of nitrogens with zero attached hydrogens (tertiary/aromatic N) is 4. The lowest BCUT2D eigenvalue weighted by Crippen LogP contribution is -2.49. The largest absolute Gasteiger partial charge is 0.299 e. The smallest absolute Gasteiger partial charge is 0.240 e. The summed E-state index contributed by atoms with van der Waals surface area (Å²) in [5.41, 5.74) is 4.22. The van der Waals surface area contributed by atoms with Crippen molar-refractivity contribution in [3.63, 3.8) is 0 Å². The summed E-state index contributed by atoms with van der Waals surface area (Å²) >= 11 is 1.33. The number of amides is 1. The highest BCUT2D eigenvalue weighted by atomic mass is 32.1. The summed E-state index contributed by atoms with van der Waals surface area (Å²) in [7, 11) is 0. The van der Waals surface area contributed by atoms with Gasteiger partial charge in [-0.3, -0.25) is 19.9 Å². The monoisotopic (exact) mass is 393 g/mol. The van der Waals surface area contributed by atoms with E-state index in [0.29, 0.717) is 11.7 Å². The molecule has 0 saturated carbocycles. The summed E-state index contributed by atoms with van der Waals surface area (Å²) in [6.45, 7) is 3.94. The van der Waals surface area contributed by atoms with Crippen LogP contribution < -0.4 is 5.32 Å². The summed E-state index contributed by atoms with van der Waals surface area (Å²) in [5, 5.41) is 11.0. The predicted molar refractivity (Wildman–Crippen MR) is 111 cm³/mol. The SMILES string of the molecule is O=C(CN1CCN(C(c2ccccc2)c2ccccc2)CC1)Nc1nncs1. The number of carbonyl (C=O) groups is 1. The Bertz CT molecular complexity index is 825. The molecule has 2 heterocycles. The van der Waals surface area contributed by atoms with Gasteiger partial charge in [-0.15, -0.1) is 10.2 Å². The van der Waals surface area contributed by atoms with E-state index in [9.17, 15) is 4.79 Å². The van der Waals surface area contributed by atoms with Gasteiger partial charge in [0.2, 0.25) is 11.0 Å². The second-order valence-corrected chi connectivity index (χ2v) is 7.66. The van der Waals surface area contributed by atoms with Gasteiger partial charge in [0, 0.05) is 26.2 Å². The fourth-order valence-electron chi connectivity index (χ4n) is 3.65. The molecule has 0 bridgehead atoms. The van der Waals surface area contributed by atoms with Crippen molar-refractivity contribution in [3.05, 3.63) is 77.3 Å². The van der Waals surface area contributed by atoms with E-state index in [4.69, 9.17) is 0 Å². The minimum Gasteiger partial charge on any atom is -0.299 e. The molecule has 28 heavy (non-hydrogen) atoms. The topological polar surface area (TPSA) is 61.4 Å². The second kappa shape index (κ2) is 9.05. The number of nitrogens with one attached hydrogen (secondary N) is 1. The van der Waals surface area contributed by atoms with Crippen LogP contribution in [0.3, 0.4) is 0 Å². The minimum atomic E-state index is -0.0344. The number of piperazine rings is 1. The first-order valence-electron chi connectivity index (χ1n) is 9.42. The van der Waals surface area contributed by atoms with Crippen LogP contribution in [-0.2, 0) is 4.79 Å². The van der Waals surface area contributed by atoms with Gasteiger partial charge in [-0.05, 0) is 11.1 Å². The standard InChI is InChI=1S/C21H23N5OS/c27-19(23-21-24-22-16-28-21)15-25-11-13-26(14-12-25)20(17-7-3-1-4-8-17)18-9-5-2-6-10-18/h1-10,16,20H,11-15H2,(H,23,24,27). The molecular weight excluding hydrogens is 370 g/mol. The molecule has 0 atom stereocenters. The molecule has 6 nitrogen and oxygen atoms in total. The number of anilines is 1. The van der Waals surface area contributed by atoms with Gasteiger partial charge in [0.15, 0.2) is 0 Å². The van der Waals surface area contributed by atoms with E-state index in [-0.39, 0.29) is 11.9 Å². The van der Waals surface area contributed by atoms with E-state index < -0.39 is 0 Å². The molecule has 1 aromatic heterocycles. The van der Waals surface area contributed by atoms with Crippen LogP contribution in [-0.4, -0.2) is 58.6 Å². The molecule has 0 spiro atoms. The highest BCUT2D eigenvalue weighted by Gasteiger charge is 2.27. The Balaban J connectivity index is 1.40. The highest BCUT2D eigenvalue weighted by molar-refractivity contribution is 7.13. The van der Waals surface area contributed by atoms with Crippen molar-refractivity contribution < 1.29 is 4.79 Å². The second-order valence-electron chi connectivity index (χ2n) is 6.83. The van der Waals surface area contributed by atoms with Crippen LogP contribution in [0, 0.1) is 0 Å². The van der Waals surface area contributed by atoms with E-state index in [2.05, 4.69) is 86.0 Å². The maximum Gasteiger partial charge on any atom is 0.240 e. The third kappa shape index (κ3) is 4.62. The Morgan fingerprint density at radius 3 is 2.11 bits per heavy atom. The summed E-state index contributed by atoms with van der Waals surface area (Å²) in [6.07, 6.45) is 0. The van der Waals surface area contributed by atoms with Crippen molar-refractivity contribution in [2.75, 3.05) is 38.0 Å². The van der Waals surface area contributed by atoms with Gasteiger partial charge in [0.05, 0.1) is 12.6 Å². The van der Waals surface area contributed by atoms with Gasteiger partial charge in [-0.25, -0.2) is 0 Å². The quantitative estimate of drug-likeness (QED) is 0.698. The number of aromatic nitrogens is 2. The van der Waals surface area contributed by atoms with Crippen LogP contribution in [0.1, 0.15) is 17.2 Å². The first kappa shape index (κ1) is 18.7. The highest BCUT2D eigenvalue weighted by Crippen LogP contribution is 2.29. The molecule has 144 valence electrons. The van der Waals surface area contributed by atoms with E-state index in [1.54, 1.807) is 5.51 Å². The van der Waals surface area contributed by atoms with Crippen LogP contribution in [0.5, 0.6) is 0 Å². The number of hydrogen-bond donors (Lipinski definition) is 1. The van der Waals surface area contributed by atoms with Gasteiger partial charge in [0.25, 0.3) is 0 Å². The fraction of sp³-hybridized carbons (Fsp3) is 0.286. The maximum absolute atomic E-state index is 12.2. The molecule has 0 unspecified atom stereocenters. The molecule has 0 radical (unpaired) electrons. The van der Waals surface area contributed by atoms with Crippen LogP contribution in [0.4, 0.5) is 5.13 Å². The van der Waals surface area contributed by atoms with Crippen molar-refractivity contribution in [3.8, 4) is 0 Å². The van der Waals surface area contributed by atoms with E-state index in [1.807, 2.05) is 0 Å². The van der Waals surface area contributed by atoms with Gasteiger partial charge < -0.3 is 0 Å². The van der Waals surface area contributed by atoms with Crippen molar-refractivity contribution in [1.29, 1.82) is 0 Å². The first-order chi connectivity index (χ1) is 13.8. The Morgan fingerprint density at radius 1 is 0.964 bits per heavy atom. The zero-order chi connectivity index (χ0) is 19.2. The molecule has 1 aliphatic heterocycles. The average Bonchev–Trinajstić information content (AvgIpc) is 3.24. The minimum absolute atomic E-state index is 0.0344. The molecule has 2 aromatic carbocycles.